The van der Waals surface area contributed by atoms with Crippen LogP contribution >= 0.6 is 11.6 Å². The van der Waals surface area contributed by atoms with E-state index in [9.17, 15) is 4.79 Å². The smallest absolute Gasteiger partial charge is 0.253 e. The van der Waals surface area contributed by atoms with E-state index in [4.69, 9.17) is 16.1 Å². The van der Waals surface area contributed by atoms with Gasteiger partial charge in [0.25, 0.3) is 5.91 Å². The molecule has 0 aliphatic heterocycles. The summed E-state index contributed by atoms with van der Waals surface area (Å²) in [6.45, 7) is 2.98. The molecule has 100 valence electrons. The van der Waals surface area contributed by atoms with Gasteiger partial charge in [0, 0.05) is 23.3 Å². The Bertz CT molecular complexity index is 555. The zero-order chi connectivity index (χ0) is 13.7. The highest BCUT2D eigenvalue weighted by Gasteiger charge is 2.12. The molecule has 6 heteroatoms. The molecule has 0 fully saturated rings. The summed E-state index contributed by atoms with van der Waals surface area (Å²) in [7, 11) is 0. The molecule has 1 aromatic carbocycles. The maximum absolute atomic E-state index is 12.1. The van der Waals surface area contributed by atoms with Gasteiger partial charge in [-0.05, 0) is 25.1 Å². The van der Waals surface area contributed by atoms with Gasteiger partial charge in [0.2, 0.25) is 0 Å². The summed E-state index contributed by atoms with van der Waals surface area (Å²) in [5, 5.41) is 9.97. The molecule has 1 heterocycles. The second-order valence-electron chi connectivity index (χ2n) is 3.88. The topological polar surface area (TPSA) is 67.2 Å². The number of benzene rings is 1. The number of carbonyl (C=O) groups excluding carboxylic acids is 1. The van der Waals surface area contributed by atoms with E-state index in [0.29, 0.717) is 16.3 Å². The van der Waals surface area contributed by atoms with E-state index < -0.39 is 0 Å². The second-order valence-corrected chi connectivity index (χ2v) is 4.32. The SMILES string of the molecule is CCNc1ccc(Cl)cc1C(=O)NCc1ccno1. The first-order valence-electron chi connectivity index (χ1n) is 5.92. The number of hydrogen-bond acceptors (Lipinski definition) is 4. The van der Waals surface area contributed by atoms with Crippen molar-refractivity contribution in [2.75, 3.05) is 11.9 Å². The monoisotopic (exact) mass is 279 g/mol. The van der Waals surface area contributed by atoms with Crippen molar-refractivity contribution >= 4 is 23.2 Å². The highest BCUT2D eigenvalue weighted by Crippen LogP contribution is 2.20. The molecule has 2 N–H and O–H groups in total. The van der Waals surface area contributed by atoms with E-state index in [1.54, 1.807) is 24.3 Å². The number of hydrogen-bond donors (Lipinski definition) is 2. The lowest BCUT2D eigenvalue weighted by molar-refractivity contribution is 0.0948. The van der Waals surface area contributed by atoms with Crippen molar-refractivity contribution < 1.29 is 9.32 Å². The van der Waals surface area contributed by atoms with E-state index >= 15 is 0 Å². The van der Waals surface area contributed by atoms with Gasteiger partial charge in [-0.2, -0.15) is 0 Å². The number of aromatic nitrogens is 1. The Hall–Kier alpha value is -2.01. The van der Waals surface area contributed by atoms with Crippen LogP contribution in [0.5, 0.6) is 0 Å². The van der Waals surface area contributed by atoms with Crippen molar-refractivity contribution in [2.24, 2.45) is 0 Å². The van der Waals surface area contributed by atoms with Gasteiger partial charge >= 0.3 is 0 Å². The van der Waals surface area contributed by atoms with Gasteiger partial charge in [-0.25, -0.2) is 0 Å². The molecule has 0 unspecified atom stereocenters. The molecule has 1 aromatic heterocycles. The quantitative estimate of drug-likeness (QED) is 0.883. The Kier molecular flexibility index (Phi) is 4.41. The normalized spacial score (nSPS) is 10.2. The summed E-state index contributed by atoms with van der Waals surface area (Å²) < 4.78 is 4.91. The summed E-state index contributed by atoms with van der Waals surface area (Å²) >= 11 is 5.92. The third-order valence-electron chi connectivity index (χ3n) is 2.51. The predicted octanol–water partition coefficient (Wildman–Crippen LogP) is 2.69. The van der Waals surface area contributed by atoms with Crippen LogP contribution in [0.25, 0.3) is 0 Å². The second kappa shape index (κ2) is 6.24. The fraction of sp³-hybridized carbons (Fsp3) is 0.231. The minimum absolute atomic E-state index is 0.213. The van der Waals surface area contributed by atoms with Crippen LogP contribution in [-0.4, -0.2) is 17.6 Å². The molecule has 2 aromatic rings. The van der Waals surface area contributed by atoms with Crippen LogP contribution in [0.15, 0.2) is 35.0 Å². The third kappa shape index (κ3) is 3.48. The Balaban J connectivity index is 2.11. The molecule has 0 bridgehead atoms. The van der Waals surface area contributed by atoms with E-state index in [1.807, 2.05) is 6.92 Å². The lowest BCUT2D eigenvalue weighted by Crippen LogP contribution is -2.23. The average molecular weight is 280 g/mol. The summed E-state index contributed by atoms with van der Waals surface area (Å²) in [6.07, 6.45) is 1.53. The lowest BCUT2D eigenvalue weighted by Gasteiger charge is -2.10. The highest BCUT2D eigenvalue weighted by atomic mass is 35.5. The highest BCUT2D eigenvalue weighted by molar-refractivity contribution is 6.31. The summed E-state index contributed by atoms with van der Waals surface area (Å²) in [6, 6.07) is 6.86. The lowest BCUT2D eigenvalue weighted by atomic mass is 10.1. The van der Waals surface area contributed by atoms with Gasteiger partial charge in [0.15, 0.2) is 5.76 Å². The Morgan fingerprint density at radius 3 is 2.95 bits per heavy atom. The zero-order valence-electron chi connectivity index (χ0n) is 10.4. The van der Waals surface area contributed by atoms with E-state index in [1.165, 1.54) is 6.20 Å². The van der Waals surface area contributed by atoms with Crippen LogP contribution in [0.1, 0.15) is 23.0 Å². The van der Waals surface area contributed by atoms with Gasteiger partial charge in [-0.3, -0.25) is 4.79 Å². The molecule has 5 nitrogen and oxygen atoms in total. The van der Waals surface area contributed by atoms with E-state index in [2.05, 4.69) is 15.8 Å². The van der Waals surface area contributed by atoms with Crippen molar-refractivity contribution in [3.63, 3.8) is 0 Å². The average Bonchev–Trinajstić information content (AvgIpc) is 2.91. The Labute approximate surface area is 115 Å². The number of anilines is 1. The molecule has 0 aliphatic carbocycles. The third-order valence-corrected chi connectivity index (χ3v) is 2.74. The van der Waals surface area contributed by atoms with Crippen molar-refractivity contribution in [3.8, 4) is 0 Å². The van der Waals surface area contributed by atoms with Crippen molar-refractivity contribution in [2.45, 2.75) is 13.5 Å². The molecule has 0 saturated carbocycles. The van der Waals surface area contributed by atoms with Crippen LogP contribution in [0.2, 0.25) is 5.02 Å². The number of carbonyl (C=O) groups is 1. The largest absolute Gasteiger partial charge is 0.385 e. The number of nitrogens with one attached hydrogen (secondary N) is 2. The van der Waals surface area contributed by atoms with Crippen molar-refractivity contribution in [1.29, 1.82) is 0 Å². The fourth-order valence-electron chi connectivity index (χ4n) is 1.64. The first-order chi connectivity index (χ1) is 9.20. The van der Waals surface area contributed by atoms with Gasteiger partial charge in [-0.1, -0.05) is 16.8 Å². The van der Waals surface area contributed by atoms with E-state index in [-0.39, 0.29) is 12.5 Å². The van der Waals surface area contributed by atoms with E-state index in [0.717, 1.165) is 12.2 Å². The Morgan fingerprint density at radius 1 is 1.42 bits per heavy atom. The van der Waals surface area contributed by atoms with Gasteiger partial charge in [-0.15, -0.1) is 0 Å². The zero-order valence-corrected chi connectivity index (χ0v) is 11.2. The van der Waals surface area contributed by atoms with Crippen LogP contribution in [0.4, 0.5) is 5.69 Å². The number of amides is 1. The summed E-state index contributed by atoms with van der Waals surface area (Å²) in [5.74, 6) is 0.384. The van der Waals surface area contributed by atoms with Crippen LogP contribution in [-0.2, 0) is 6.54 Å². The Morgan fingerprint density at radius 2 is 2.26 bits per heavy atom. The van der Waals surface area contributed by atoms with Crippen LogP contribution in [0, 0.1) is 0 Å². The first-order valence-corrected chi connectivity index (χ1v) is 6.29. The standard InChI is InChI=1S/C13H14ClN3O2/c1-2-15-12-4-3-9(14)7-11(12)13(18)16-8-10-5-6-17-19-10/h3-7,15H,2,8H2,1H3,(H,16,18). The minimum Gasteiger partial charge on any atom is -0.385 e. The molecule has 19 heavy (non-hydrogen) atoms. The predicted molar refractivity (Wildman–Crippen MR) is 73.3 cm³/mol. The summed E-state index contributed by atoms with van der Waals surface area (Å²) in [5.41, 5.74) is 1.26. The number of halogens is 1. The molecule has 0 aliphatic rings. The molecule has 2 rings (SSSR count). The molecule has 1 amide bonds. The number of nitrogens with zero attached hydrogens (tertiary/aromatic N) is 1. The summed E-state index contributed by atoms with van der Waals surface area (Å²) in [4.78, 5) is 12.1. The minimum atomic E-state index is -0.213. The van der Waals surface area contributed by atoms with Crippen molar-refractivity contribution in [1.82, 2.24) is 10.5 Å². The van der Waals surface area contributed by atoms with Gasteiger partial charge < -0.3 is 15.2 Å². The van der Waals surface area contributed by atoms with Crippen LogP contribution in [0.3, 0.4) is 0 Å². The maximum atomic E-state index is 12.1. The fourth-order valence-corrected chi connectivity index (χ4v) is 1.82. The molecule has 0 spiro atoms. The first kappa shape index (κ1) is 13.4. The molecule has 0 saturated heterocycles. The van der Waals surface area contributed by atoms with Gasteiger partial charge in [0.1, 0.15) is 0 Å². The molecule has 0 radical (unpaired) electrons. The number of rotatable bonds is 5. The molecular weight excluding hydrogens is 266 g/mol. The molecule has 0 atom stereocenters. The maximum Gasteiger partial charge on any atom is 0.253 e. The van der Waals surface area contributed by atoms with Crippen LogP contribution < -0.4 is 10.6 Å². The van der Waals surface area contributed by atoms with Gasteiger partial charge in [0.05, 0.1) is 18.3 Å². The van der Waals surface area contributed by atoms with Crippen molar-refractivity contribution in [3.05, 3.63) is 46.8 Å². The molecular formula is C13H14ClN3O2.